The topological polar surface area (TPSA) is 107 Å². The second-order valence-corrected chi connectivity index (χ2v) is 4.33. The van der Waals surface area contributed by atoms with Gasteiger partial charge in [0.05, 0.1) is 0 Å². The normalized spacial score (nSPS) is 10.6. The Morgan fingerprint density at radius 2 is 1.60 bits per heavy atom. The van der Waals surface area contributed by atoms with E-state index in [1.807, 2.05) is 0 Å². The molecule has 0 aliphatic rings. The highest BCUT2D eigenvalue weighted by Gasteiger charge is 1.99. The number of anilines is 4. The molecule has 0 saturated heterocycles. The van der Waals surface area contributed by atoms with E-state index in [0.717, 1.165) is 0 Å². The fourth-order valence-electron chi connectivity index (χ4n) is 1.65. The van der Waals surface area contributed by atoms with Crippen molar-refractivity contribution in [1.29, 1.82) is 0 Å². The van der Waals surface area contributed by atoms with E-state index in [9.17, 15) is 4.79 Å². The quantitative estimate of drug-likeness (QED) is 0.505. The third-order valence-corrected chi connectivity index (χ3v) is 2.70. The highest BCUT2D eigenvalue weighted by Crippen LogP contribution is 2.17. The molecule has 0 saturated carbocycles. The first-order valence-corrected chi connectivity index (χ1v) is 6.04. The van der Waals surface area contributed by atoms with Gasteiger partial charge in [0.25, 0.3) is 0 Å². The largest absolute Gasteiger partial charge is 0.399 e. The minimum atomic E-state index is -0.253. The van der Waals surface area contributed by atoms with Gasteiger partial charge in [-0.05, 0) is 54.1 Å². The zero-order valence-corrected chi connectivity index (χ0v) is 10.8. The predicted octanol–water partition coefficient (Wildman–Crippen LogP) is 2.09. The molecule has 0 aliphatic carbocycles. The number of carbonyl (C=O) groups excluding carboxylic acids is 1. The van der Waals surface area contributed by atoms with Gasteiger partial charge >= 0.3 is 0 Å². The Hall–Kier alpha value is -2.95. The Kier molecular flexibility index (Phi) is 3.91. The molecule has 1 amide bonds. The van der Waals surface area contributed by atoms with Gasteiger partial charge in [-0.1, -0.05) is 0 Å². The molecule has 7 N–H and O–H groups in total. The molecule has 2 aromatic carbocycles. The first kappa shape index (κ1) is 13.5. The molecule has 2 rings (SSSR count). The van der Waals surface area contributed by atoms with Crippen LogP contribution in [0.2, 0.25) is 0 Å². The molecule has 0 fully saturated rings. The Labute approximate surface area is 117 Å². The molecule has 0 aromatic heterocycles. The molecule has 0 bridgehead atoms. The monoisotopic (exact) mass is 268 g/mol. The van der Waals surface area contributed by atoms with Crippen LogP contribution in [-0.2, 0) is 4.79 Å². The van der Waals surface area contributed by atoms with Crippen LogP contribution in [0.5, 0.6) is 0 Å². The van der Waals surface area contributed by atoms with Crippen LogP contribution in [0.4, 0.5) is 22.7 Å². The van der Waals surface area contributed by atoms with Crippen molar-refractivity contribution in [2.75, 3.05) is 22.5 Å². The molecule has 102 valence electrons. The van der Waals surface area contributed by atoms with Gasteiger partial charge < -0.3 is 22.5 Å². The number of hydrogen-bond acceptors (Lipinski definition) is 4. The lowest BCUT2D eigenvalue weighted by atomic mass is 10.1. The number of amides is 1. The van der Waals surface area contributed by atoms with Gasteiger partial charge in [-0.2, -0.15) is 0 Å². The van der Waals surface area contributed by atoms with E-state index in [1.165, 1.54) is 6.08 Å². The van der Waals surface area contributed by atoms with E-state index in [1.54, 1.807) is 48.5 Å². The van der Waals surface area contributed by atoms with Crippen molar-refractivity contribution in [2.24, 2.45) is 0 Å². The number of rotatable bonds is 3. The van der Waals surface area contributed by atoms with Gasteiger partial charge in [0.2, 0.25) is 5.91 Å². The van der Waals surface area contributed by atoms with Crippen LogP contribution in [0.25, 0.3) is 6.08 Å². The van der Waals surface area contributed by atoms with Crippen molar-refractivity contribution in [3.05, 3.63) is 54.1 Å². The van der Waals surface area contributed by atoms with Crippen LogP contribution in [0.15, 0.2) is 48.5 Å². The molecule has 0 aliphatic heterocycles. The average Bonchev–Trinajstić information content (AvgIpc) is 2.42. The summed E-state index contributed by atoms with van der Waals surface area (Å²) < 4.78 is 0. The summed E-state index contributed by atoms with van der Waals surface area (Å²) in [7, 11) is 0. The molecule has 0 unspecified atom stereocenters. The van der Waals surface area contributed by atoms with Crippen LogP contribution in [0.1, 0.15) is 5.56 Å². The molecule has 2 aromatic rings. The third kappa shape index (κ3) is 3.52. The molecule has 0 spiro atoms. The minimum absolute atomic E-state index is 0.253. The lowest BCUT2D eigenvalue weighted by Gasteiger charge is -2.03. The minimum Gasteiger partial charge on any atom is -0.399 e. The van der Waals surface area contributed by atoms with Crippen LogP contribution in [0, 0.1) is 0 Å². The van der Waals surface area contributed by atoms with Crippen molar-refractivity contribution >= 4 is 34.7 Å². The highest BCUT2D eigenvalue weighted by atomic mass is 16.1. The molecule has 5 nitrogen and oxygen atoms in total. The molecule has 0 radical (unpaired) electrons. The number of carbonyl (C=O) groups is 1. The summed E-state index contributed by atoms with van der Waals surface area (Å²) in [5, 5.41) is 2.72. The summed E-state index contributed by atoms with van der Waals surface area (Å²) >= 11 is 0. The van der Waals surface area contributed by atoms with E-state index in [2.05, 4.69) is 5.32 Å². The Morgan fingerprint density at radius 1 is 0.950 bits per heavy atom. The predicted molar refractivity (Wildman–Crippen MR) is 83.8 cm³/mol. The Morgan fingerprint density at radius 3 is 2.30 bits per heavy atom. The van der Waals surface area contributed by atoms with Crippen LogP contribution >= 0.6 is 0 Å². The first-order chi connectivity index (χ1) is 9.54. The lowest BCUT2D eigenvalue weighted by Crippen LogP contribution is -2.07. The van der Waals surface area contributed by atoms with E-state index < -0.39 is 0 Å². The van der Waals surface area contributed by atoms with Crippen molar-refractivity contribution in [3.63, 3.8) is 0 Å². The van der Waals surface area contributed by atoms with Crippen molar-refractivity contribution in [1.82, 2.24) is 0 Å². The zero-order valence-electron chi connectivity index (χ0n) is 10.8. The van der Waals surface area contributed by atoms with Gasteiger partial charge in [0, 0.05) is 28.8 Å². The number of nitrogens with one attached hydrogen (secondary N) is 1. The number of hydrogen-bond donors (Lipinski definition) is 4. The Balaban J connectivity index is 2.05. The SMILES string of the molecule is Nc1ccc(NC(=O)/C=C\c2cc(N)ccc2N)cc1. The fraction of sp³-hybridized carbons (Fsp3) is 0. The first-order valence-electron chi connectivity index (χ1n) is 6.04. The summed E-state index contributed by atoms with van der Waals surface area (Å²) in [6, 6.07) is 12.0. The van der Waals surface area contributed by atoms with Crippen molar-refractivity contribution in [2.45, 2.75) is 0 Å². The molecule has 0 heterocycles. The fourth-order valence-corrected chi connectivity index (χ4v) is 1.65. The van der Waals surface area contributed by atoms with Crippen LogP contribution in [-0.4, -0.2) is 5.91 Å². The zero-order chi connectivity index (χ0) is 14.5. The summed E-state index contributed by atoms with van der Waals surface area (Å²) in [5.74, 6) is -0.253. The molecular formula is C15H16N4O. The molecular weight excluding hydrogens is 252 g/mol. The van der Waals surface area contributed by atoms with Crippen LogP contribution in [0.3, 0.4) is 0 Å². The maximum Gasteiger partial charge on any atom is 0.248 e. The summed E-state index contributed by atoms with van der Waals surface area (Å²) in [4.78, 5) is 11.8. The number of benzene rings is 2. The third-order valence-electron chi connectivity index (χ3n) is 2.70. The number of nitrogens with two attached hydrogens (primary N) is 3. The summed E-state index contributed by atoms with van der Waals surface area (Å²) in [6.07, 6.45) is 3.03. The smallest absolute Gasteiger partial charge is 0.248 e. The maximum atomic E-state index is 11.8. The maximum absolute atomic E-state index is 11.8. The van der Waals surface area contributed by atoms with Crippen molar-refractivity contribution in [3.8, 4) is 0 Å². The molecule has 20 heavy (non-hydrogen) atoms. The van der Waals surface area contributed by atoms with E-state index >= 15 is 0 Å². The second kappa shape index (κ2) is 5.79. The van der Waals surface area contributed by atoms with Gasteiger partial charge in [-0.3, -0.25) is 4.79 Å². The average molecular weight is 268 g/mol. The van der Waals surface area contributed by atoms with Gasteiger partial charge in [-0.15, -0.1) is 0 Å². The highest BCUT2D eigenvalue weighted by molar-refractivity contribution is 6.02. The summed E-state index contributed by atoms with van der Waals surface area (Å²) in [5.41, 5.74) is 20.2. The molecule has 5 heteroatoms. The second-order valence-electron chi connectivity index (χ2n) is 4.33. The van der Waals surface area contributed by atoms with Gasteiger partial charge in [-0.25, -0.2) is 0 Å². The van der Waals surface area contributed by atoms with Gasteiger partial charge in [0.1, 0.15) is 0 Å². The Bertz CT molecular complexity index is 647. The van der Waals surface area contributed by atoms with Crippen LogP contribution < -0.4 is 22.5 Å². The lowest BCUT2D eigenvalue weighted by molar-refractivity contribution is -0.111. The number of nitrogen functional groups attached to an aromatic ring is 3. The van der Waals surface area contributed by atoms with E-state index in [-0.39, 0.29) is 5.91 Å². The van der Waals surface area contributed by atoms with Gasteiger partial charge in [0.15, 0.2) is 0 Å². The summed E-state index contributed by atoms with van der Waals surface area (Å²) in [6.45, 7) is 0. The molecule has 0 atom stereocenters. The van der Waals surface area contributed by atoms with E-state index in [0.29, 0.717) is 28.3 Å². The van der Waals surface area contributed by atoms with Crippen molar-refractivity contribution < 1.29 is 4.79 Å². The standard InChI is InChI=1S/C15H16N4O/c16-11-2-5-13(6-3-11)19-15(20)8-1-10-9-12(17)4-7-14(10)18/h1-9H,16-18H2,(H,19,20)/b8-1-. The van der Waals surface area contributed by atoms with E-state index in [4.69, 9.17) is 17.2 Å².